The minimum absolute atomic E-state index is 0.0751. The first-order valence-corrected chi connectivity index (χ1v) is 10.2. The van der Waals surface area contributed by atoms with Crippen LogP contribution >= 0.6 is 11.3 Å². The van der Waals surface area contributed by atoms with Crippen molar-refractivity contribution < 1.29 is 9.53 Å². The van der Waals surface area contributed by atoms with E-state index < -0.39 is 0 Å². The minimum Gasteiger partial charge on any atom is -0.465 e. The number of carbonyl (C=O) groups is 1. The summed E-state index contributed by atoms with van der Waals surface area (Å²) in [5.41, 5.74) is 6.89. The van der Waals surface area contributed by atoms with Crippen LogP contribution < -0.4 is 16.3 Å². The number of anilines is 1. The van der Waals surface area contributed by atoms with Gasteiger partial charge in [0, 0.05) is 29.9 Å². The van der Waals surface area contributed by atoms with Crippen molar-refractivity contribution in [2.75, 3.05) is 12.4 Å². The van der Waals surface area contributed by atoms with E-state index in [1.807, 2.05) is 18.5 Å². The fourth-order valence-corrected chi connectivity index (χ4v) is 4.14. The number of thiophene rings is 1. The summed E-state index contributed by atoms with van der Waals surface area (Å²) in [6, 6.07) is 2.82. The molecule has 0 atom stereocenters. The lowest BCUT2D eigenvalue weighted by atomic mass is 9.90. The summed E-state index contributed by atoms with van der Waals surface area (Å²) in [7, 11) is 1.42. The van der Waals surface area contributed by atoms with Gasteiger partial charge < -0.3 is 15.5 Å². The smallest absolute Gasteiger partial charge is 0.350 e. The molecule has 7 heteroatoms. The number of hydrogen-bond acceptors (Lipinski definition) is 7. The van der Waals surface area contributed by atoms with Gasteiger partial charge in [0.1, 0.15) is 4.88 Å². The van der Waals surface area contributed by atoms with Gasteiger partial charge in [-0.2, -0.15) is 0 Å². The van der Waals surface area contributed by atoms with Gasteiger partial charge in [0.25, 0.3) is 0 Å². The highest BCUT2D eigenvalue weighted by Gasteiger charge is 2.27. The lowest BCUT2D eigenvalue weighted by molar-refractivity contribution is 0.0607. The molecule has 3 rings (SSSR count). The number of methoxy groups -OCH3 is 1. The number of nitrogens with zero attached hydrogens (tertiary/aromatic N) is 1. The number of hydrogen-bond donors (Lipinski definition) is 3. The first-order chi connectivity index (χ1) is 12.9. The van der Waals surface area contributed by atoms with Crippen LogP contribution in [-0.4, -0.2) is 30.2 Å². The summed E-state index contributed by atoms with van der Waals surface area (Å²) in [6.45, 7) is 6.23. The average molecular weight is 389 g/mol. The molecule has 2 aliphatic rings. The van der Waals surface area contributed by atoms with Crippen molar-refractivity contribution in [3.8, 4) is 11.8 Å². The normalized spacial score (nSPS) is 22.0. The molecule has 0 saturated heterocycles. The molecule has 0 aromatic carbocycles. The standard InChI is InChI=1S/C20H28N4O2S/c1-20(2,3)10-9-16-13-17(18(27-16)19(25)26-4)22-14-5-7-15(8-6-14)24-12-11-21-23-24/h11-15,21-23H,5-8H2,1-4H3. The second-order valence-corrected chi connectivity index (χ2v) is 9.03. The number of esters is 1. The molecule has 0 amide bonds. The van der Waals surface area contributed by atoms with E-state index in [4.69, 9.17) is 4.74 Å². The lowest BCUT2D eigenvalue weighted by Gasteiger charge is -2.34. The van der Waals surface area contributed by atoms with Crippen LogP contribution in [0.5, 0.6) is 0 Å². The van der Waals surface area contributed by atoms with Crippen molar-refractivity contribution in [3.63, 3.8) is 0 Å². The van der Waals surface area contributed by atoms with Crippen LogP contribution in [0.3, 0.4) is 0 Å². The molecule has 1 aromatic heterocycles. The quantitative estimate of drug-likeness (QED) is 0.542. The molecule has 3 N–H and O–H groups in total. The Morgan fingerprint density at radius 3 is 2.67 bits per heavy atom. The molecule has 0 spiro atoms. The van der Waals surface area contributed by atoms with Crippen LogP contribution in [0, 0.1) is 17.3 Å². The second kappa shape index (κ2) is 8.24. The van der Waals surface area contributed by atoms with Crippen LogP contribution in [0.2, 0.25) is 0 Å². The van der Waals surface area contributed by atoms with Crippen LogP contribution in [-0.2, 0) is 4.74 Å². The number of hydrazine groups is 2. The number of rotatable bonds is 4. The highest BCUT2D eigenvalue weighted by molar-refractivity contribution is 7.15. The molecule has 27 heavy (non-hydrogen) atoms. The molecule has 146 valence electrons. The van der Waals surface area contributed by atoms with Crippen LogP contribution in [0.15, 0.2) is 18.5 Å². The molecule has 6 nitrogen and oxygen atoms in total. The summed E-state index contributed by atoms with van der Waals surface area (Å²) < 4.78 is 4.96. The second-order valence-electron chi connectivity index (χ2n) is 7.97. The third-order valence-corrected chi connectivity index (χ3v) is 5.66. The van der Waals surface area contributed by atoms with Crippen LogP contribution in [0.1, 0.15) is 61.0 Å². The zero-order valence-electron chi connectivity index (χ0n) is 16.4. The number of carbonyl (C=O) groups excluding carboxylic acids is 1. The molecule has 1 aliphatic carbocycles. The monoisotopic (exact) mass is 388 g/mol. The fraction of sp³-hybridized carbons (Fsp3) is 0.550. The van der Waals surface area contributed by atoms with Gasteiger partial charge in [-0.05, 0) is 52.5 Å². The van der Waals surface area contributed by atoms with Gasteiger partial charge in [-0.15, -0.1) is 16.9 Å². The predicted molar refractivity (Wildman–Crippen MR) is 109 cm³/mol. The largest absolute Gasteiger partial charge is 0.465 e. The van der Waals surface area contributed by atoms with Crippen LogP contribution in [0.25, 0.3) is 0 Å². The van der Waals surface area contributed by atoms with Crippen molar-refractivity contribution in [2.24, 2.45) is 5.41 Å². The maximum Gasteiger partial charge on any atom is 0.350 e. The molecule has 0 unspecified atom stereocenters. The molecule has 0 radical (unpaired) electrons. The van der Waals surface area contributed by atoms with E-state index in [2.05, 4.69) is 53.9 Å². The fourth-order valence-electron chi connectivity index (χ4n) is 3.25. The van der Waals surface area contributed by atoms with E-state index in [0.29, 0.717) is 17.0 Å². The first-order valence-electron chi connectivity index (χ1n) is 9.34. The van der Waals surface area contributed by atoms with Crippen molar-refractivity contribution in [1.82, 2.24) is 16.0 Å². The first kappa shape index (κ1) is 19.6. The Morgan fingerprint density at radius 1 is 1.33 bits per heavy atom. The Kier molecular flexibility index (Phi) is 5.98. The minimum atomic E-state index is -0.308. The zero-order valence-corrected chi connectivity index (χ0v) is 17.2. The van der Waals surface area contributed by atoms with Gasteiger partial charge in [0.2, 0.25) is 0 Å². The van der Waals surface area contributed by atoms with Crippen molar-refractivity contribution in [3.05, 3.63) is 28.2 Å². The van der Waals surface area contributed by atoms with E-state index in [0.717, 1.165) is 36.2 Å². The molecule has 1 saturated carbocycles. The molecule has 0 bridgehead atoms. The van der Waals surface area contributed by atoms with Gasteiger partial charge >= 0.3 is 5.97 Å². The predicted octanol–water partition coefficient (Wildman–Crippen LogP) is 3.45. The third-order valence-electron chi connectivity index (χ3n) is 4.63. The molecule has 2 heterocycles. The van der Waals surface area contributed by atoms with E-state index >= 15 is 0 Å². The van der Waals surface area contributed by atoms with Crippen molar-refractivity contribution in [1.29, 1.82) is 0 Å². The Balaban J connectivity index is 1.68. The van der Waals surface area contributed by atoms with Gasteiger partial charge in [-0.25, -0.2) is 4.79 Å². The maximum absolute atomic E-state index is 12.2. The van der Waals surface area contributed by atoms with Gasteiger partial charge in [-0.1, -0.05) is 11.8 Å². The summed E-state index contributed by atoms with van der Waals surface area (Å²) in [4.78, 5) is 13.7. The Bertz CT molecular complexity index is 761. The Labute approximate surface area is 165 Å². The van der Waals surface area contributed by atoms with E-state index in [1.165, 1.54) is 18.4 Å². The van der Waals surface area contributed by atoms with Gasteiger partial charge in [-0.3, -0.25) is 5.01 Å². The SMILES string of the molecule is COC(=O)c1sc(C#CC(C)(C)C)cc1NC1CCC(N2C=CNN2)CC1. The van der Waals surface area contributed by atoms with Gasteiger partial charge in [0.05, 0.1) is 17.7 Å². The topological polar surface area (TPSA) is 65.6 Å². The molecular formula is C20H28N4O2S. The highest BCUT2D eigenvalue weighted by atomic mass is 32.1. The van der Waals surface area contributed by atoms with E-state index in [-0.39, 0.29) is 11.4 Å². The Hall–Kier alpha value is -2.17. The lowest BCUT2D eigenvalue weighted by Crippen LogP contribution is -2.45. The van der Waals surface area contributed by atoms with E-state index in [1.54, 1.807) is 0 Å². The Morgan fingerprint density at radius 2 is 2.07 bits per heavy atom. The summed E-state index contributed by atoms with van der Waals surface area (Å²) in [5, 5.41) is 5.69. The summed E-state index contributed by atoms with van der Waals surface area (Å²) >= 11 is 1.40. The zero-order chi connectivity index (χ0) is 19.4. The molecule has 1 aromatic rings. The summed E-state index contributed by atoms with van der Waals surface area (Å²) in [5.74, 6) is 6.12. The molecule has 1 aliphatic heterocycles. The van der Waals surface area contributed by atoms with Crippen LogP contribution in [0.4, 0.5) is 5.69 Å². The number of ether oxygens (including phenoxy) is 1. The third kappa shape index (κ3) is 5.18. The summed E-state index contributed by atoms with van der Waals surface area (Å²) in [6.07, 6.45) is 8.22. The van der Waals surface area contributed by atoms with E-state index in [9.17, 15) is 4.79 Å². The molecular weight excluding hydrogens is 360 g/mol. The van der Waals surface area contributed by atoms with Gasteiger partial charge in [0.15, 0.2) is 0 Å². The number of nitrogens with one attached hydrogen (secondary N) is 3. The van der Waals surface area contributed by atoms with Crippen molar-refractivity contribution in [2.45, 2.75) is 58.5 Å². The van der Waals surface area contributed by atoms with Crippen molar-refractivity contribution >= 4 is 23.0 Å². The highest BCUT2D eigenvalue weighted by Crippen LogP contribution is 2.32. The average Bonchev–Trinajstić information content (AvgIpc) is 3.29. The molecule has 1 fully saturated rings. The maximum atomic E-state index is 12.2.